The Kier molecular flexibility index (Phi) is 8.85. The molecule has 188 valence electrons. The van der Waals surface area contributed by atoms with Crippen molar-refractivity contribution in [2.45, 2.75) is 68.3 Å². The van der Waals surface area contributed by atoms with Crippen molar-refractivity contribution in [2.75, 3.05) is 13.1 Å². The average molecular weight is 512 g/mol. The summed E-state index contributed by atoms with van der Waals surface area (Å²) < 4.78 is -1.07. The largest absolute Gasteiger partial charge is 0.346 e. The van der Waals surface area contributed by atoms with Crippen LogP contribution in [0.2, 0.25) is 0 Å². The van der Waals surface area contributed by atoms with Gasteiger partial charge in [-0.2, -0.15) is 0 Å². The van der Waals surface area contributed by atoms with Gasteiger partial charge >= 0.3 is 0 Å². The summed E-state index contributed by atoms with van der Waals surface area (Å²) in [6.45, 7) is 9.56. The quantitative estimate of drug-likeness (QED) is 0.253. The zero-order valence-electron chi connectivity index (χ0n) is 19.7. The van der Waals surface area contributed by atoms with Crippen molar-refractivity contribution in [3.05, 3.63) is 25.3 Å². The van der Waals surface area contributed by atoms with Gasteiger partial charge in [-0.15, -0.1) is 36.4 Å². The van der Waals surface area contributed by atoms with Crippen LogP contribution in [0.1, 0.15) is 51.9 Å². The summed E-state index contributed by atoms with van der Waals surface area (Å²) in [4.78, 5) is 53.5. The average Bonchev–Trinajstić information content (AvgIpc) is 3.16. The maximum absolute atomic E-state index is 13.5. The van der Waals surface area contributed by atoms with E-state index in [1.165, 1.54) is 12.5 Å². The normalized spacial score (nSPS) is 27.1. The number of Topliss-reactive ketones (excluding diaryl/α,β-unsaturated/α-hetero) is 1. The molecule has 5 atom stereocenters. The van der Waals surface area contributed by atoms with Crippen LogP contribution in [-0.2, 0) is 19.2 Å². The van der Waals surface area contributed by atoms with Crippen LogP contribution in [0.15, 0.2) is 25.3 Å². The lowest BCUT2D eigenvalue weighted by atomic mass is 9.80. The second-order valence-corrected chi connectivity index (χ2v) is 11.2. The van der Waals surface area contributed by atoms with Gasteiger partial charge in [-0.1, -0.05) is 38.3 Å². The van der Waals surface area contributed by atoms with Gasteiger partial charge in [-0.25, -0.2) is 0 Å². The number of carbonyl (C=O) groups excluding carboxylic acids is 4. The van der Waals surface area contributed by atoms with Crippen molar-refractivity contribution < 1.29 is 19.2 Å². The summed E-state index contributed by atoms with van der Waals surface area (Å²) in [5.74, 6) is -2.60. The topological polar surface area (TPSA) is 95.6 Å². The molecule has 3 rings (SSSR count). The van der Waals surface area contributed by atoms with E-state index < -0.39 is 39.9 Å². The number of amides is 3. The van der Waals surface area contributed by atoms with Crippen molar-refractivity contribution >= 4 is 46.7 Å². The van der Waals surface area contributed by atoms with Crippen molar-refractivity contribution in [1.82, 2.24) is 15.5 Å². The highest BCUT2D eigenvalue weighted by molar-refractivity contribution is 6.51. The number of nitrogens with zero attached hydrogens (tertiary/aromatic N) is 1. The minimum atomic E-state index is -1.07. The first kappa shape index (κ1) is 26.7. The molecule has 3 fully saturated rings. The molecule has 0 aromatic heterocycles. The molecule has 2 saturated carbocycles. The van der Waals surface area contributed by atoms with Gasteiger partial charge in [0, 0.05) is 30.8 Å². The van der Waals surface area contributed by atoms with E-state index in [1.54, 1.807) is 11.0 Å². The molecule has 2 aliphatic carbocycles. The highest BCUT2D eigenvalue weighted by atomic mass is 35.5. The van der Waals surface area contributed by atoms with Gasteiger partial charge in [0.2, 0.25) is 17.6 Å². The zero-order chi connectivity index (χ0) is 25.0. The number of fused-ring (bicyclic) bond motifs is 1. The number of alkyl halides is 2. The number of rotatable bonds is 11. The number of allylic oxidation sites excluding steroid dienone is 1. The van der Waals surface area contributed by atoms with Crippen molar-refractivity contribution in [3.8, 4) is 0 Å². The van der Waals surface area contributed by atoms with E-state index in [4.69, 9.17) is 23.2 Å². The molecule has 1 saturated heterocycles. The number of ketones is 1. The fourth-order valence-corrected chi connectivity index (χ4v) is 6.28. The standard InChI is InChI=1S/C25H35Cl2N3O4/c1-4-6-12-18(21(31)23(33)28-13-5-2)29-22(32)20-19-17(25(19,26)27)14-30(20)24(34)15(3)16-10-8-7-9-11-16/h4-5,15-20H,1-2,6-14H2,3H3,(H,28,33)(H,29,32)/t15-,17-,18-,19-,20-/m0/s1. The lowest BCUT2D eigenvalue weighted by Gasteiger charge is -2.35. The van der Waals surface area contributed by atoms with E-state index in [0.717, 1.165) is 25.7 Å². The third-order valence-electron chi connectivity index (χ3n) is 7.55. The van der Waals surface area contributed by atoms with E-state index >= 15 is 0 Å². The van der Waals surface area contributed by atoms with Crippen LogP contribution in [0.25, 0.3) is 0 Å². The Morgan fingerprint density at radius 3 is 2.41 bits per heavy atom. The Labute approximate surface area is 211 Å². The van der Waals surface area contributed by atoms with E-state index in [2.05, 4.69) is 23.8 Å². The predicted octanol–water partition coefficient (Wildman–Crippen LogP) is 3.16. The number of likely N-dealkylation sites (tertiary alicyclic amines) is 1. The van der Waals surface area contributed by atoms with Crippen LogP contribution < -0.4 is 10.6 Å². The first-order valence-corrected chi connectivity index (χ1v) is 12.9. The highest BCUT2D eigenvalue weighted by Gasteiger charge is 2.74. The van der Waals surface area contributed by atoms with E-state index in [-0.39, 0.29) is 30.7 Å². The molecule has 0 bridgehead atoms. The van der Waals surface area contributed by atoms with Gasteiger partial charge in [0.15, 0.2) is 0 Å². The molecule has 9 heteroatoms. The Morgan fingerprint density at radius 1 is 1.12 bits per heavy atom. The molecule has 0 aromatic rings. The molecule has 1 aliphatic heterocycles. The molecule has 3 aliphatic rings. The van der Waals surface area contributed by atoms with E-state index in [9.17, 15) is 19.2 Å². The van der Waals surface area contributed by atoms with Gasteiger partial charge in [-0.3, -0.25) is 19.2 Å². The Balaban J connectivity index is 1.75. The lowest BCUT2D eigenvalue weighted by Crippen LogP contribution is -2.56. The van der Waals surface area contributed by atoms with Crippen LogP contribution in [0, 0.1) is 23.7 Å². The molecule has 1 heterocycles. The molecule has 7 nitrogen and oxygen atoms in total. The maximum atomic E-state index is 13.5. The monoisotopic (exact) mass is 511 g/mol. The van der Waals surface area contributed by atoms with Crippen molar-refractivity contribution in [2.24, 2.45) is 23.7 Å². The van der Waals surface area contributed by atoms with Gasteiger partial charge < -0.3 is 15.5 Å². The molecule has 0 spiro atoms. The molecule has 3 amide bonds. The Hall–Kier alpha value is -1.86. The Morgan fingerprint density at radius 2 is 1.79 bits per heavy atom. The minimum absolute atomic E-state index is 0.0684. The third kappa shape index (κ3) is 5.51. The second-order valence-electron chi connectivity index (χ2n) is 9.72. The zero-order valence-corrected chi connectivity index (χ0v) is 21.2. The molecule has 34 heavy (non-hydrogen) atoms. The van der Waals surface area contributed by atoms with E-state index in [0.29, 0.717) is 18.9 Å². The summed E-state index contributed by atoms with van der Waals surface area (Å²) >= 11 is 12.9. The smallest absolute Gasteiger partial charge is 0.289 e. The number of halogens is 2. The van der Waals surface area contributed by atoms with Crippen LogP contribution in [0.5, 0.6) is 0 Å². The predicted molar refractivity (Wildman–Crippen MR) is 132 cm³/mol. The molecule has 0 aromatic carbocycles. The third-order valence-corrected chi connectivity index (χ3v) is 8.62. The maximum Gasteiger partial charge on any atom is 0.289 e. The summed E-state index contributed by atoms with van der Waals surface area (Å²) in [7, 11) is 0. The number of carbonyl (C=O) groups is 4. The number of hydrogen-bond donors (Lipinski definition) is 2. The van der Waals surface area contributed by atoms with Crippen LogP contribution in [0.4, 0.5) is 0 Å². The number of nitrogens with one attached hydrogen (secondary N) is 2. The second kappa shape index (κ2) is 11.3. The van der Waals surface area contributed by atoms with Crippen LogP contribution in [0.3, 0.4) is 0 Å². The summed E-state index contributed by atoms with van der Waals surface area (Å²) in [5, 5.41) is 5.16. The summed E-state index contributed by atoms with van der Waals surface area (Å²) in [5.41, 5.74) is 0. The summed E-state index contributed by atoms with van der Waals surface area (Å²) in [6, 6.07) is -1.91. The van der Waals surface area contributed by atoms with Crippen molar-refractivity contribution in [1.29, 1.82) is 0 Å². The van der Waals surface area contributed by atoms with E-state index in [1.807, 2.05) is 6.92 Å². The first-order chi connectivity index (χ1) is 16.1. The molecular formula is C25H35Cl2N3O4. The van der Waals surface area contributed by atoms with Crippen molar-refractivity contribution in [3.63, 3.8) is 0 Å². The van der Waals surface area contributed by atoms with Gasteiger partial charge in [0.25, 0.3) is 5.91 Å². The lowest BCUT2D eigenvalue weighted by molar-refractivity contribution is -0.145. The minimum Gasteiger partial charge on any atom is -0.346 e. The molecule has 0 radical (unpaired) electrons. The fourth-order valence-electron chi connectivity index (χ4n) is 5.45. The van der Waals surface area contributed by atoms with Gasteiger partial charge in [0.1, 0.15) is 10.4 Å². The fraction of sp³-hybridized carbons (Fsp3) is 0.680. The number of piperidine rings is 1. The van der Waals surface area contributed by atoms with Crippen LogP contribution >= 0.6 is 23.2 Å². The van der Waals surface area contributed by atoms with Gasteiger partial charge in [0.05, 0.1) is 6.04 Å². The number of hydrogen-bond acceptors (Lipinski definition) is 4. The molecule has 0 unspecified atom stereocenters. The Bertz CT molecular complexity index is 840. The first-order valence-electron chi connectivity index (χ1n) is 12.2. The molecule has 2 N–H and O–H groups in total. The van der Waals surface area contributed by atoms with Gasteiger partial charge in [-0.05, 0) is 31.6 Å². The van der Waals surface area contributed by atoms with Crippen LogP contribution in [-0.4, -0.2) is 57.9 Å². The highest BCUT2D eigenvalue weighted by Crippen LogP contribution is 2.65. The summed E-state index contributed by atoms with van der Waals surface area (Å²) in [6.07, 6.45) is 9.17. The SMILES string of the molecule is C=CCC[C@H](NC(=O)[C@@H]1[C@@H]2[C@H](CN1C(=O)[C@@H](C)C1CCCCC1)C2(Cl)Cl)C(=O)C(=O)NCC=C. The molecular weight excluding hydrogens is 477 g/mol.